The van der Waals surface area contributed by atoms with Crippen LogP contribution in [0.4, 0.5) is 5.69 Å². The second kappa shape index (κ2) is 8.19. The smallest absolute Gasteiger partial charge is 0.262 e. The van der Waals surface area contributed by atoms with Crippen LogP contribution in [0.3, 0.4) is 0 Å². The number of nitrogens with zero attached hydrogens (tertiary/aromatic N) is 2. The van der Waals surface area contributed by atoms with Crippen LogP contribution in [-0.4, -0.2) is 39.3 Å². The van der Waals surface area contributed by atoms with Crippen LogP contribution in [0.1, 0.15) is 5.56 Å². The van der Waals surface area contributed by atoms with Gasteiger partial charge in [0, 0.05) is 14.1 Å². The van der Waals surface area contributed by atoms with Gasteiger partial charge in [-0.3, -0.25) is 4.79 Å². The van der Waals surface area contributed by atoms with Gasteiger partial charge >= 0.3 is 0 Å². The average molecular weight is 394 g/mol. The van der Waals surface area contributed by atoms with E-state index in [-0.39, 0.29) is 22.2 Å². The molecule has 0 fully saturated rings. The van der Waals surface area contributed by atoms with E-state index < -0.39 is 15.9 Å². The van der Waals surface area contributed by atoms with Crippen molar-refractivity contribution in [2.24, 2.45) is 0 Å². The monoisotopic (exact) mass is 393 g/mol. The van der Waals surface area contributed by atoms with Crippen molar-refractivity contribution in [1.82, 2.24) is 4.31 Å². The summed E-state index contributed by atoms with van der Waals surface area (Å²) in [5.41, 5.74) is 0.571. The van der Waals surface area contributed by atoms with Gasteiger partial charge in [0.25, 0.3) is 5.91 Å². The van der Waals surface area contributed by atoms with Gasteiger partial charge in [-0.25, -0.2) is 12.7 Å². The Bertz CT molecular complexity index is 968. The molecule has 136 valence electrons. The van der Waals surface area contributed by atoms with E-state index in [4.69, 9.17) is 21.6 Å². The molecule has 0 atom stereocenters. The van der Waals surface area contributed by atoms with E-state index in [9.17, 15) is 13.2 Å². The molecule has 0 aliphatic rings. The third-order valence-electron chi connectivity index (χ3n) is 3.32. The van der Waals surface area contributed by atoms with Gasteiger partial charge in [0.2, 0.25) is 10.0 Å². The standard InChI is InChI=1S/C17H16ClN3O4S/c1-21(2)26(23,24)14-6-7-15(18)16(9-14)20-17(22)11-25-13-5-3-4-12(8-13)10-19/h3-9H,11H2,1-2H3,(H,20,22). The molecule has 1 amide bonds. The summed E-state index contributed by atoms with van der Waals surface area (Å²) in [6, 6.07) is 12.4. The van der Waals surface area contributed by atoms with Crippen molar-refractivity contribution in [2.45, 2.75) is 4.90 Å². The fraction of sp³-hybridized carbons (Fsp3) is 0.176. The summed E-state index contributed by atoms with van der Waals surface area (Å²) < 4.78 is 30.7. The Morgan fingerprint density at radius 1 is 1.27 bits per heavy atom. The van der Waals surface area contributed by atoms with Crippen molar-refractivity contribution >= 4 is 33.2 Å². The summed E-state index contributed by atoms with van der Waals surface area (Å²) >= 11 is 6.03. The Morgan fingerprint density at radius 3 is 2.65 bits per heavy atom. The Labute approximate surface area is 156 Å². The summed E-state index contributed by atoms with van der Waals surface area (Å²) in [4.78, 5) is 12.1. The zero-order valence-corrected chi connectivity index (χ0v) is 15.6. The molecule has 1 N–H and O–H groups in total. The minimum absolute atomic E-state index is 0.00448. The van der Waals surface area contributed by atoms with Gasteiger partial charge in [0.1, 0.15) is 5.75 Å². The maximum absolute atomic E-state index is 12.2. The van der Waals surface area contributed by atoms with E-state index in [0.29, 0.717) is 11.3 Å². The summed E-state index contributed by atoms with van der Waals surface area (Å²) in [6.45, 7) is -0.324. The number of anilines is 1. The molecule has 0 unspecified atom stereocenters. The van der Waals surface area contributed by atoms with Crippen LogP contribution in [0.25, 0.3) is 0 Å². The van der Waals surface area contributed by atoms with Gasteiger partial charge in [-0.1, -0.05) is 17.7 Å². The van der Waals surface area contributed by atoms with Gasteiger partial charge in [0.05, 0.1) is 27.2 Å². The number of halogens is 1. The quantitative estimate of drug-likeness (QED) is 0.812. The molecule has 2 rings (SSSR count). The van der Waals surface area contributed by atoms with Crippen LogP contribution in [-0.2, 0) is 14.8 Å². The maximum Gasteiger partial charge on any atom is 0.262 e. The number of carbonyl (C=O) groups excluding carboxylic acids is 1. The third kappa shape index (κ3) is 4.73. The summed E-state index contributed by atoms with van der Waals surface area (Å²) in [6.07, 6.45) is 0. The number of nitriles is 1. The number of benzene rings is 2. The molecule has 9 heteroatoms. The van der Waals surface area contributed by atoms with Crippen molar-refractivity contribution in [3.05, 3.63) is 53.1 Å². The van der Waals surface area contributed by atoms with Crippen LogP contribution in [0.15, 0.2) is 47.4 Å². The lowest BCUT2D eigenvalue weighted by Gasteiger charge is -2.14. The number of nitrogens with one attached hydrogen (secondary N) is 1. The van der Waals surface area contributed by atoms with Gasteiger partial charge in [-0.2, -0.15) is 5.26 Å². The Balaban J connectivity index is 2.10. The molecular weight excluding hydrogens is 378 g/mol. The lowest BCUT2D eigenvalue weighted by molar-refractivity contribution is -0.118. The van der Waals surface area contributed by atoms with Crippen LogP contribution in [0.5, 0.6) is 5.75 Å². The molecule has 2 aromatic rings. The third-order valence-corrected chi connectivity index (χ3v) is 5.46. The van der Waals surface area contributed by atoms with Crippen LogP contribution in [0.2, 0.25) is 5.02 Å². The van der Waals surface area contributed by atoms with E-state index in [1.807, 2.05) is 6.07 Å². The van der Waals surface area contributed by atoms with Crippen LogP contribution < -0.4 is 10.1 Å². The lowest BCUT2D eigenvalue weighted by Crippen LogP contribution is -2.23. The molecule has 0 bridgehead atoms. The number of carbonyl (C=O) groups is 1. The first-order valence-corrected chi connectivity index (χ1v) is 9.20. The van der Waals surface area contributed by atoms with E-state index >= 15 is 0 Å². The zero-order valence-electron chi connectivity index (χ0n) is 14.1. The molecule has 0 aliphatic carbocycles. The fourth-order valence-electron chi connectivity index (χ4n) is 1.96. The lowest BCUT2D eigenvalue weighted by atomic mass is 10.2. The van der Waals surface area contributed by atoms with Gasteiger partial charge in [-0.05, 0) is 36.4 Å². The average Bonchev–Trinajstić information content (AvgIpc) is 2.61. The topological polar surface area (TPSA) is 99.5 Å². The number of amides is 1. The highest BCUT2D eigenvalue weighted by molar-refractivity contribution is 7.89. The molecule has 7 nitrogen and oxygen atoms in total. The van der Waals surface area contributed by atoms with E-state index in [0.717, 1.165) is 4.31 Å². The number of ether oxygens (including phenoxy) is 1. The normalized spacial score (nSPS) is 11.0. The molecule has 26 heavy (non-hydrogen) atoms. The van der Waals surface area contributed by atoms with Gasteiger partial charge in [-0.15, -0.1) is 0 Å². The fourth-order valence-corrected chi connectivity index (χ4v) is 3.06. The molecule has 0 saturated carbocycles. The second-order valence-corrected chi connectivity index (χ2v) is 7.96. The predicted octanol–water partition coefficient (Wildman–Crippen LogP) is 2.48. The minimum atomic E-state index is -3.65. The SMILES string of the molecule is CN(C)S(=O)(=O)c1ccc(Cl)c(NC(=O)COc2cccc(C#N)c2)c1. The first-order chi connectivity index (χ1) is 12.2. The van der Waals surface area contributed by atoms with Crippen molar-refractivity contribution in [3.63, 3.8) is 0 Å². The number of hydrogen-bond donors (Lipinski definition) is 1. The van der Waals surface area contributed by atoms with E-state index in [1.165, 1.54) is 38.4 Å². The van der Waals surface area contributed by atoms with E-state index in [1.54, 1.807) is 18.2 Å². The van der Waals surface area contributed by atoms with Crippen LogP contribution >= 0.6 is 11.6 Å². The first kappa shape index (κ1) is 19.7. The Hall–Kier alpha value is -2.60. The number of hydrogen-bond acceptors (Lipinski definition) is 5. The highest BCUT2D eigenvalue weighted by Crippen LogP contribution is 2.26. The molecule has 0 saturated heterocycles. The largest absolute Gasteiger partial charge is 0.484 e. The van der Waals surface area contributed by atoms with Crippen molar-refractivity contribution in [3.8, 4) is 11.8 Å². The molecule has 0 aromatic heterocycles. The predicted molar refractivity (Wildman–Crippen MR) is 97.6 cm³/mol. The summed E-state index contributed by atoms with van der Waals surface area (Å²) in [7, 11) is -0.837. The van der Waals surface area contributed by atoms with Crippen molar-refractivity contribution < 1.29 is 17.9 Å². The highest BCUT2D eigenvalue weighted by Gasteiger charge is 2.19. The number of rotatable bonds is 6. The molecule has 0 radical (unpaired) electrons. The zero-order chi connectivity index (χ0) is 19.3. The molecule has 0 aliphatic heterocycles. The van der Waals surface area contributed by atoms with E-state index in [2.05, 4.69) is 5.32 Å². The Kier molecular flexibility index (Phi) is 6.21. The first-order valence-electron chi connectivity index (χ1n) is 7.39. The van der Waals surface area contributed by atoms with Gasteiger partial charge < -0.3 is 10.1 Å². The van der Waals surface area contributed by atoms with Crippen molar-refractivity contribution in [1.29, 1.82) is 5.26 Å². The van der Waals surface area contributed by atoms with Gasteiger partial charge in [0.15, 0.2) is 6.61 Å². The Morgan fingerprint density at radius 2 is 2.00 bits per heavy atom. The summed E-state index contributed by atoms with van der Waals surface area (Å²) in [5, 5.41) is 11.6. The highest BCUT2D eigenvalue weighted by atomic mass is 35.5. The molecule has 2 aromatic carbocycles. The molecular formula is C17H16ClN3O4S. The number of sulfonamides is 1. The second-order valence-electron chi connectivity index (χ2n) is 5.41. The molecule has 0 heterocycles. The summed E-state index contributed by atoms with van der Waals surface area (Å²) in [5.74, 6) is -0.150. The van der Waals surface area contributed by atoms with Crippen LogP contribution in [0, 0.1) is 11.3 Å². The maximum atomic E-state index is 12.2. The molecule has 0 spiro atoms. The minimum Gasteiger partial charge on any atom is -0.484 e. The van der Waals surface area contributed by atoms with Crippen molar-refractivity contribution in [2.75, 3.05) is 26.0 Å².